The molecule has 1 aromatic carbocycles. The van der Waals surface area contributed by atoms with Gasteiger partial charge < -0.3 is 14.0 Å². The lowest BCUT2D eigenvalue weighted by atomic mass is 10.2. The molecule has 2 aromatic rings. The summed E-state index contributed by atoms with van der Waals surface area (Å²) in [4.78, 5) is 15.4. The van der Waals surface area contributed by atoms with E-state index in [4.69, 9.17) is 14.5 Å². The van der Waals surface area contributed by atoms with Crippen molar-refractivity contribution in [3.8, 4) is 11.8 Å². The number of hydrogen-bond donors (Lipinski definition) is 0. The summed E-state index contributed by atoms with van der Waals surface area (Å²) in [6.45, 7) is 1.60. The molecule has 20 heavy (non-hydrogen) atoms. The van der Waals surface area contributed by atoms with Gasteiger partial charge in [-0.3, -0.25) is 0 Å². The molecular formula is C13H11N3O4. The van der Waals surface area contributed by atoms with Crippen LogP contribution in [0.4, 0.5) is 0 Å². The Kier molecular flexibility index (Phi) is 4.29. The van der Waals surface area contributed by atoms with Gasteiger partial charge in [0.1, 0.15) is 11.8 Å². The zero-order chi connectivity index (χ0) is 14.4. The van der Waals surface area contributed by atoms with E-state index in [0.29, 0.717) is 23.0 Å². The lowest BCUT2D eigenvalue weighted by Crippen LogP contribution is -2.05. The Bertz CT molecular complexity index is 628. The summed E-state index contributed by atoms with van der Waals surface area (Å²) >= 11 is 0. The van der Waals surface area contributed by atoms with Gasteiger partial charge in [0.05, 0.1) is 5.56 Å². The number of nitriles is 1. The second-order valence-corrected chi connectivity index (χ2v) is 3.78. The van der Waals surface area contributed by atoms with Crippen molar-refractivity contribution in [2.24, 2.45) is 0 Å². The summed E-state index contributed by atoms with van der Waals surface area (Å²) in [5.74, 6) is 0.926. The molecule has 7 heteroatoms. The average molecular weight is 273 g/mol. The minimum absolute atomic E-state index is 0.176. The van der Waals surface area contributed by atoms with Crippen molar-refractivity contribution >= 4 is 5.97 Å². The lowest BCUT2D eigenvalue weighted by molar-refractivity contribution is 0.0555. The monoisotopic (exact) mass is 273 g/mol. The quantitative estimate of drug-likeness (QED) is 0.763. The molecule has 2 rings (SSSR count). The highest BCUT2D eigenvalue weighted by Crippen LogP contribution is 2.14. The van der Waals surface area contributed by atoms with E-state index in [2.05, 4.69) is 14.9 Å². The van der Waals surface area contributed by atoms with Crippen LogP contribution in [0.2, 0.25) is 0 Å². The molecule has 0 N–H and O–H groups in total. The fourth-order valence-electron chi connectivity index (χ4n) is 1.42. The Morgan fingerprint density at radius 3 is 2.75 bits per heavy atom. The second-order valence-electron chi connectivity index (χ2n) is 3.78. The van der Waals surface area contributed by atoms with E-state index in [1.165, 1.54) is 0 Å². The van der Waals surface area contributed by atoms with E-state index >= 15 is 0 Å². The van der Waals surface area contributed by atoms with Crippen molar-refractivity contribution < 1.29 is 18.8 Å². The standard InChI is InChI=1S/C13H11N3O4/c1-9-15-12(16-20-9)8-19-11-4-2-10(3-5-11)13(17)18-7-6-14/h2-5H,7-8H2,1H3. The Balaban J connectivity index is 1.91. The Labute approximate surface area is 114 Å². The normalized spacial score (nSPS) is 9.80. The van der Waals surface area contributed by atoms with E-state index in [1.807, 2.05) is 0 Å². The SMILES string of the molecule is Cc1nc(COc2ccc(C(=O)OCC#N)cc2)no1. The highest BCUT2D eigenvalue weighted by atomic mass is 16.5. The van der Waals surface area contributed by atoms with Gasteiger partial charge in [0.25, 0.3) is 0 Å². The maximum Gasteiger partial charge on any atom is 0.339 e. The molecule has 0 aliphatic heterocycles. The fraction of sp³-hybridized carbons (Fsp3) is 0.231. The maximum atomic E-state index is 11.5. The average Bonchev–Trinajstić information content (AvgIpc) is 2.89. The third-order valence-corrected chi connectivity index (χ3v) is 2.30. The van der Waals surface area contributed by atoms with Crippen LogP contribution in [0.5, 0.6) is 5.75 Å². The molecule has 0 atom stereocenters. The number of carbonyl (C=O) groups is 1. The Morgan fingerprint density at radius 2 is 2.15 bits per heavy atom. The van der Waals surface area contributed by atoms with Gasteiger partial charge >= 0.3 is 5.97 Å². The first-order valence-corrected chi connectivity index (χ1v) is 5.75. The summed E-state index contributed by atoms with van der Waals surface area (Å²) in [6.07, 6.45) is 0. The molecule has 0 saturated heterocycles. The lowest BCUT2D eigenvalue weighted by Gasteiger charge is -2.04. The molecule has 0 bridgehead atoms. The van der Waals surface area contributed by atoms with E-state index in [9.17, 15) is 4.79 Å². The van der Waals surface area contributed by atoms with Crippen LogP contribution >= 0.6 is 0 Å². The number of hydrogen-bond acceptors (Lipinski definition) is 7. The van der Waals surface area contributed by atoms with E-state index in [-0.39, 0.29) is 13.2 Å². The van der Waals surface area contributed by atoms with Gasteiger partial charge in [-0.05, 0) is 24.3 Å². The fourth-order valence-corrected chi connectivity index (χ4v) is 1.42. The number of carbonyl (C=O) groups excluding carboxylic acids is 1. The first kappa shape index (κ1) is 13.5. The van der Waals surface area contributed by atoms with Crippen molar-refractivity contribution in [2.45, 2.75) is 13.5 Å². The minimum Gasteiger partial charge on any atom is -0.485 e. The molecule has 1 aromatic heterocycles. The van der Waals surface area contributed by atoms with E-state index in [0.717, 1.165) is 0 Å². The van der Waals surface area contributed by atoms with Gasteiger partial charge in [-0.1, -0.05) is 5.16 Å². The third-order valence-electron chi connectivity index (χ3n) is 2.30. The third kappa shape index (κ3) is 3.55. The Morgan fingerprint density at radius 1 is 1.40 bits per heavy atom. The van der Waals surface area contributed by atoms with Crippen LogP contribution in [-0.2, 0) is 11.3 Å². The molecule has 1 heterocycles. The van der Waals surface area contributed by atoms with Crippen molar-refractivity contribution in [3.05, 3.63) is 41.5 Å². The molecule has 0 aliphatic rings. The van der Waals surface area contributed by atoms with Gasteiger partial charge in [-0.2, -0.15) is 10.2 Å². The maximum absolute atomic E-state index is 11.5. The number of aromatic nitrogens is 2. The summed E-state index contributed by atoms with van der Waals surface area (Å²) in [5, 5.41) is 12.0. The van der Waals surface area contributed by atoms with Crippen molar-refractivity contribution in [2.75, 3.05) is 6.61 Å². The van der Waals surface area contributed by atoms with E-state index in [1.54, 1.807) is 37.3 Å². The zero-order valence-electron chi connectivity index (χ0n) is 10.7. The number of aryl methyl sites for hydroxylation is 1. The van der Waals surface area contributed by atoms with Gasteiger partial charge in [-0.25, -0.2) is 4.79 Å². The first-order valence-electron chi connectivity index (χ1n) is 5.75. The highest BCUT2D eigenvalue weighted by Gasteiger charge is 2.07. The number of rotatable bonds is 5. The largest absolute Gasteiger partial charge is 0.485 e. The van der Waals surface area contributed by atoms with Crippen LogP contribution in [0.3, 0.4) is 0 Å². The van der Waals surface area contributed by atoms with Crippen LogP contribution in [0, 0.1) is 18.3 Å². The topological polar surface area (TPSA) is 98.2 Å². The summed E-state index contributed by atoms with van der Waals surface area (Å²) < 4.78 is 14.9. The smallest absolute Gasteiger partial charge is 0.339 e. The van der Waals surface area contributed by atoms with Crippen LogP contribution in [-0.4, -0.2) is 22.7 Å². The first-order chi connectivity index (χ1) is 9.69. The zero-order valence-corrected chi connectivity index (χ0v) is 10.7. The van der Waals surface area contributed by atoms with Crippen molar-refractivity contribution in [1.82, 2.24) is 10.1 Å². The molecule has 0 fully saturated rings. The summed E-state index contributed by atoms with van der Waals surface area (Å²) in [5.41, 5.74) is 0.350. The summed E-state index contributed by atoms with van der Waals surface area (Å²) in [6, 6.07) is 8.08. The molecule has 0 spiro atoms. The molecular weight excluding hydrogens is 262 g/mol. The number of ether oxygens (including phenoxy) is 2. The second kappa shape index (κ2) is 6.33. The van der Waals surface area contributed by atoms with Gasteiger partial charge in [-0.15, -0.1) is 0 Å². The van der Waals surface area contributed by atoms with Crippen molar-refractivity contribution in [3.63, 3.8) is 0 Å². The highest BCUT2D eigenvalue weighted by molar-refractivity contribution is 5.89. The number of esters is 1. The molecule has 0 amide bonds. The van der Waals surface area contributed by atoms with Crippen molar-refractivity contribution in [1.29, 1.82) is 5.26 Å². The van der Waals surface area contributed by atoms with Crippen LogP contribution in [0.15, 0.2) is 28.8 Å². The molecule has 0 saturated carbocycles. The van der Waals surface area contributed by atoms with Crippen LogP contribution < -0.4 is 4.74 Å². The summed E-state index contributed by atoms with van der Waals surface area (Å²) in [7, 11) is 0. The van der Waals surface area contributed by atoms with Gasteiger partial charge in [0.2, 0.25) is 11.7 Å². The van der Waals surface area contributed by atoms with Gasteiger partial charge in [0.15, 0.2) is 13.2 Å². The van der Waals surface area contributed by atoms with Crippen LogP contribution in [0.1, 0.15) is 22.1 Å². The molecule has 0 unspecified atom stereocenters. The van der Waals surface area contributed by atoms with E-state index < -0.39 is 5.97 Å². The Hall–Kier alpha value is -2.88. The molecule has 7 nitrogen and oxygen atoms in total. The number of nitrogens with zero attached hydrogens (tertiary/aromatic N) is 3. The number of benzene rings is 1. The van der Waals surface area contributed by atoms with Crippen LogP contribution in [0.25, 0.3) is 0 Å². The minimum atomic E-state index is -0.549. The molecule has 102 valence electrons. The predicted molar refractivity (Wildman–Crippen MR) is 65.7 cm³/mol. The predicted octanol–water partition coefficient (Wildman–Crippen LogP) is 1.64. The van der Waals surface area contributed by atoms with Gasteiger partial charge in [0, 0.05) is 6.92 Å². The molecule has 0 radical (unpaired) electrons. The molecule has 0 aliphatic carbocycles.